The van der Waals surface area contributed by atoms with Gasteiger partial charge in [0.15, 0.2) is 0 Å². The van der Waals surface area contributed by atoms with Gasteiger partial charge >= 0.3 is 0 Å². The van der Waals surface area contributed by atoms with Crippen molar-refractivity contribution >= 4 is 0 Å². The monoisotopic (exact) mass is 237 g/mol. The molecule has 0 radical (unpaired) electrons. The average molecular weight is 237 g/mol. The molecule has 0 aromatic heterocycles. The van der Waals surface area contributed by atoms with E-state index in [1.165, 1.54) is 71.2 Å². The number of rotatable bonds is 2. The van der Waals surface area contributed by atoms with E-state index in [1.54, 1.807) is 0 Å². The summed E-state index contributed by atoms with van der Waals surface area (Å²) in [7, 11) is 0. The Morgan fingerprint density at radius 1 is 1.00 bits per heavy atom. The zero-order chi connectivity index (χ0) is 11.7. The van der Waals surface area contributed by atoms with Crippen LogP contribution in [0.15, 0.2) is 0 Å². The Hall–Kier alpha value is -0.120. The zero-order valence-corrected chi connectivity index (χ0v) is 11.0. The quantitative estimate of drug-likeness (QED) is 0.785. The normalized spacial score (nSPS) is 43.6. The minimum atomic E-state index is 0.358. The van der Waals surface area contributed by atoms with E-state index in [-0.39, 0.29) is 0 Å². The Bertz CT molecular complexity index is 260. The highest BCUT2D eigenvalue weighted by Gasteiger charge is 2.48. The summed E-state index contributed by atoms with van der Waals surface area (Å²) in [4.78, 5) is 5.42. The molecule has 3 heteroatoms. The highest BCUT2D eigenvalue weighted by atomic mass is 15.3. The molecule has 3 rings (SSSR count). The first kappa shape index (κ1) is 11.9. The van der Waals surface area contributed by atoms with E-state index in [9.17, 15) is 0 Å². The van der Waals surface area contributed by atoms with Crippen LogP contribution in [0.3, 0.4) is 0 Å². The van der Waals surface area contributed by atoms with Crippen molar-refractivity contribution in [2.24, 2.45) is 11.7 Å². The number of likely N-dealkylation sites (tertiary alicyclic amines) is 1. The van der Waals surface area contributed by atoms with Gasteiger partial charge in [-0.25, -0.2) is 0 Å². The van der Waals surface area contributed by atoms with Crippen LogP contribution in [-0.2, 0) is 0 Å². The van der Waals surface area contributed by atoms with Crippen LogP contribution in [-0.4, -0.2) is 54.6 Å². The third-order valence-corrected chi connectivity index (χ3v) is 5.48. The number of piperidine rings is 1. The molecule has 17 heavy (non-hydrogen) atoms. The molecule has 2 bridgehead atoms. The van der Waals surface area contributed by atoms with Gasteiger partial charge in [0.1, 0.15) is 0 Å². The minimum absolute atomic E-state index is 0.358. The van der Waals surface area contributed by atoms with E-state index in [1.807, 2.05) is 0 Å². The summed E-state index contributed by atoms with van der Waals surface area (Å²) in [5.74, 6) is 0.847. The maximum Gasteiger partial charge on any atom is 0.0384 e. The highest BCUT2D eigenvalue weighted by Crippen LogP contribution is 2.40. The summed E-state index contributed by atoms with van der Waals surface area (Å²) in [6.07, 6.45) is 8.32. The smallest absolute Gasteiger partial charge is 0.0384 e. The van der Waals surface area contributed by atoms with Gasteiger partial charge in [0.2, 0.25) is 0 Å². The molecular formula is C14H27N3. The molecular weight excluding hydrogens is 210 g/mol. The standard InChI is InChI=1S/C14H27N3/c15-12-14(17-7-3-1-2-4-8-17)6-10-16-9-5-13(14)11-16/h13H,1-12,15H2. The van der Waals surface area contributed by atoms with Crippen LogP contribution in [0.4, 0.5) is 0 Å². The third-order valence-electron chi connectivity index (χ3n) is 5.48. The van der Waals surface area contributed by atoms with Crippen molar-refractivity contribution in [1.82, 2.24) is 9.80 Å². The molecule has 0 aliphatic carbocycles. The predicted octanol–water partition coefficient (Wildman–Crippen LogP) is 1.29. The van der Waals surface area contributed by atoms with Crippen LogP contribution < -0.4 is 5.73 Å². The molecule has 3 aliphatic rings. The van der Waals surface area contributed by atoms with E-state index in [2.05, 4.69) is 9.80 Å². The predicted molar refractivity (Wildman–Crippen MR) is 71.0 cm³/mol. The van der Waals surface area contributed by atoms with Crippen LogP contribution in [0.1, 0.15) is 38.5 Å². The molecule has 3 atom stereocenters. The summed E-state index contributed by atoms with van der Waals surface area (Å²) in [6, 6.07) is 0. The van der Waals surface area contributed by atoms with Crippen molar-refractivity contribution in [3.63, 3.8) is 0 Å². The first-order chi connectivity index (χ1) is 8.35. The fourth-order valence-electron chi connectivity index (χ4n) is 4.36. The molecule has 2 N–H and O–H groups in total. The summed E-state index contributed by atoms with van der Waals surface area (Å²) in [5.41, 5.74) is 6.60. The first-order valence-corrected chi connectivity index (χ1v) is 7.53. The SMILES string of the molecule is NCC1(N2CCCCCC2)CCN2CCC1C2. The van der Waals surface area contributed by atoms with Crippen LogP contribution in [0.2, 0.25) is 0 Å². The van der Waals surface area contributed by atoms with Crippen molar-refractivity contribution in [1.29, 1.82) is 0 Å². The molecule has 3 saturated heterocycles. The zero-order valence-electron chi connectivity index (χ0n) is 11.0. The Morgan fingerprint density at radius 2 is 1.76 bits per heavy atom. The molecule has 3 heterocycles. The van der Waals surface area contributed by atoms with Gasteiger partial charge in [-0.1, -0.05) is 12.8 Å². The van der Waals surface area contributed by atoms with Gasteiger partial charge in [0, 0.05) is 18.6 Å². The van der Waals surface area contributed by atoms with Crippen LogP contribution >= 0.6 is 0 Å². The molecule has 3 aliphatic heterocycles. The van der Waals surface area contributed by atoms with Gasteiger partial charge in [0.05, 0.1) is 0 Å². The summed E-state index contributed by atoms with van der Waals surface area (Å²) in [6.45, 7) is 7.39. The van der Waals surface area contributed by atoms with Gasteiger partial charge in [-0.05, 0) is 57.8 Å². The van der Waals surface area contributed by atoms with Crippen LogP contribution in [0.25, 0.3) is 0 Å². The fraction of sp³-hybridized carbons (Fsp3) is 1.00. The Labute approximate surface area is 105 Å². The molecule has 98 valence electrons. The Morgan fingerprint density at radius 3 is 2.47 bits per heavy atom. The van der Waals surface area contributed by atoms with Gasteiger partial charge in [-0.2, -0.15) is 0 Å². The van der Waals surface area contributed by atoms with E-state index >= 15 is 0 Å². The minimum Gasteiger partial charge on any atom is -0.329 e. The van der Waals surface area contributed by atoms with Crippen molar-refractivity contribution in [2.45, 2.75) is 44.1 Å². The average Bonchev–Trinajstić information content (AvgIpc) is 2.60. The molecule has 0 saturated carbocycles. The van der Waals surface area contributed by atoms with Crippen molar-refractivity contribution < 1.29 is 0 Å². The second kappa shape index (κ2) is 4.87. The number of fused-ring (bicyclic) bond motifs is 2. The van der Waals surface area contributed by atoms with Crippen LogP contribution in [0, 0.1) is 5.92 Å². The summed E-state index contributed by atoms with van der Waals surface area (Å²) in [5, 5.41) is 0. The largest absolute Gasteiger partial charge is 0.329 e. The van der Waals surface area contributed by atoms with Crippen molar-refractivity contribution in [2.75, 3.05) is 39.3 Å². The van der Waals surface area contributed by atoms with Crippen molar-refractivity contribution in [3.05, 3.63) is 0 Å². The topological polar surface area (TPSA) is 32.5 Å². The highest BCUT2D eigenvalue weighted by molar-refractivity contribution is 5.05. The van der Waals surface area contributed by atoms with E-state index < -0.39 is 0 Å². The lowest BCUT2D eigenvalue weighted by Crippen LogP contribution is -2.62. The van der Waals surface area contributed by atoms with E-state index in [0.29, 0.717) is 5.54 Å². The van der Waals surface area contributed by atoms with Gasteiger partial charge in [0.25, 0.3) is 0 Å². The second-order valence-electron chi connectivity index (χ2n) is 6.25. The maximum absolute atomic E-state index is 6.24. The molecule has 3 nitrogen and oxygen atoms in total. The molecule has 0 amide bonds. The fourth-order valence-corrected chi connectivity index (χ4v) is 4.36. The lowest BCUT2D eigenvalue weighted by atomic mass is 9.77. The molecule has 0 aromatic carbocycles. The Balaban J connectivity index is 1.79. The first-order valence-electron chi connectivity index (χ1n) is 7.53. The van der Waals surface area contributed by atoms with Gasteiger partial charge in [-0.15, -0.1) is 0 Å². The maximum atomic E-state index is 6.24. The lowest BCUT2D eigenvalue weighted by molar-refractivity contribution is 0.00999. The summed E-state index contributed by atoms with van der Waals surface area (Å²) < 4.78 is 0. The van der Waals surface area contributed by atoms with Gasteiger partial charge < -0.3 is 10.6 Å². The number of hydrogen-bond donors (Lipinski definition) is 1. The lowest BCUT2D eigenvalue weighted by Gasteiger charge is -2.50. The van der Waals surface area contributed by atoms with Crippen molar-refractivity contribution in [3.8, 4) is 0 Å². The van der Waals surface area contributed by atoms with E-state index in [0.717, 1.165) is 12.5 Å². The molecule has 0 spiro atoms. The molecule has 3 unspecified atom stereocenters. The molecule has 0 aromatic rings. The van der Waals surface area contributed by atoms with E-state index in [4.69, 9.17) is 5.73 Å². The number of nitrogens with two attached hydrogens (primary N) is 1. The number of hydrogen-bond acceptors (Lipinski definition) is 3. The number of nitrogens with zero attached hydrogens (tertiary/aromatic N) is 2. The Kier molecular flexibility index (Phi) is 3.42. The summed E-state index contributed by atoms with van der Waals surface area (Å²) >= 11 is 0. The molecule has 3 fully saturated rings. The second-order valence-corrected chi connectivity index (χ2v) is 6.25. The van der Waals surface area contributed by atoms with Gasteiger partial charge in [-0.3, -0.25) is 4.90 Å². The van der Waals surface area contributed by atoms with Crippen LogP contribution in [0.5, 0.6) is 0 Å². The third kappa shape index (κ3) is 2.02.